The van der Waals surface area contributed by atoms with Crippen molar-refractivity contribution in [3.63, 3.8) is 0 Å². The third kappa shape index (κ3) is 6.26. The van der Waals surface area contributed by atoms with Crippen LogP contribution in [0.1, 0.15) is 43.6 Å². The minimum absolute atomic E-state index is 0.0413. The summed E-state index contributed by atoms with van der Waals surface area (Å²) in [6.45, 7) is 11.4. The van der Waals surface area contributed by atoms with Gasteiger partial charge in [-0.2, -0.15) is 5.10 Å². The van der Waals surface area contributed by atoms with Gasteiger partial charge in [-0.25, -0.2) is 13.8 Å². The van der Waals surface area contributed by atoms with Crippen LogP contribution in [0.25, 0.3) is 43.9 Å². The molecule has 5 heterocycles. The van der Waals surface area contributed by atoms with Gasteiger partial charge in [0.2, 0.25) is 5.91 Å². The van der Waals surface area contributed by atoms with Gasteiger partial charge in [-0.1, -0.05) is 18.7 Å². The molecule has 2 aromatic carbocycles. The summed E-state index contributed by atoms with van der Waals surface area (Å²) >= 11 is 1.44. The largest absolute Gasteiger partial charge is 0.490 e. The van der Waals surface area contributed by atoms with E-state index in [9.17, 15) is 14.3 Å². The van der Waals surface area contributed by atoms with E-state index < -0.39 is 17.2 Å². The number of hydrogen-bond donors (Lipinski definition) is 1. The zero-order chi connectivity index (χ0) is 34.6. The molecule has 0 bridgehead atoms. The van der Waals surface area contributed by atoms with E-state index in [1.54, 1.807) is 18.7 Å². The second kappa shape index (κ2) is 12.8. The SMILES string of the molecule is C=CC(=O)N1CCn2nc(-c3nc(-c4ccc5c(c4)CCN(C)CC5)c4ccsc4c3-c3c(F)cc(F)cc3OCC(C)(C)O)cc2[C@H]1C. The topological polar surface area (TPSA) is 83.7 Å². The number of carbonyl (C=O) groups is 1. The predicted molar refractivity (Wildman–Crippen MR) is 189 cm³/mol. The number of fused-ring (bicyclic) bond motifs is 3. The molecule has 1 atom stereocenters. The summed E-state index contributed by atoms with van der Waals surface area (Å²) in [4.78, 5) is 22.0. The number of aliphatic hydroxyl groups is 1. The Hall–Kier alpha value is -4.45. The minimum atomic E-state index is -1.25. The second-order valence-electron chi connectivity index (χ2n) is 13.6. The number of ether oxygens (including phenoxy) is 1. The molecular formula is C38H39F2N5O3S. The van der Waals surface area contributed by atoms with Gasteiger partial charge in [0, 0.05) is 53.0 Å². The number of pyridine rings is 1. The van der Waals surface area contributed by atoms with Crippen molar-refractivity contribution in [1.82, 2.24) is 24.6 Å². The summed E-state index contributed by atoms with van der Waals surface area (Å²) in [6, 6.07) is 12.1. The molecule has 0 unspecified atom stereocenters. The van der Waals surface area contributed by atoms with Gasteiger partial charge in [0.05, 0.1) is 35.1 Å². The summed E-state index contributed by atoms with van der Waals surface area (Å²) in [5, 5.41) is 18.2. The molecule has 1 N–H and O–H groups in total. The Balaban J connectivity index is 1.48. The van der Waals surface area contributed by atoms with E-state index in [-0.39, 0.29) is 29.9 Å². The fourth-order valence-electron chi connectivity index (χ4n) is 6.84. The molecule has 0 fully saturated rings. The molecule has 0 spiro atoms. The Kier molecular flexibility index (Phi) is 8.62. The maximum atomic E-state index is 16.2. The van der Waals surface area contributed by atoms with E-state index in [0.717, 1.165) is 65.1 Å². The second-order valence-corrected chi connectivity index (χ2v) is 14.5. The van der Waals surface area contributed by atoms with Gasteiger partial charge < -0.3 is 19.6 Å². The van der Waals surface area contributed by atoms with Crippen LogP contribution in [0.3, 0.4) is 0 Å². The van der Waals surface area contributed by atoms with Crippen molar-refractivity contribution in [1.29, 1.82) is 0 Å². The van der Waals surface area contributed by atoms with Crippen molar-refractivity contribution in [2.75, 3.05) is 33.3 Å². The highest BCUT2D eigenvalue weighted by Crippen LogP contribution is 2.47. The Labute approximate surface area is 288 Å². The number of rotatable bonds is 7. The average molecular weight is 684 g/mol. The lowest BCUT2D eigenvalue weighted by atomic mass is 9.94. The van der Waals surface area contributed by atoms with Gasteiger partial charge in [-0.15, -0.1) is 11.3 Å². The van der Waals surface area contributed by atoms with Gasteiger partial charge in [0.1, 0.15) is 35.4 Å². The van der Waals surface area contributed by atoms with Crippen molar-refractivity contribution in [3.8, 4) is 39.5 Å². The van der Waals surface area contributed by atoms with E-state index >= 15 is 4.39 Å². The van der Waals surface area contributed by atoms with Crippen molar-refractivity contribution in [2.24, 2.45) is 0 Å². The first-order valence-electron chi connectivity index (χ1n) is 16.5. The maximum absolute atomic E-state index is 16.2. The number of thiophene rings is 1. The lowest BCUT2D eigenvalue weighted by molar-refractivity contribution is -0.129. The highest BCUT2D eigenvalue weighted by atomic mass is 32.1. The van der Waals surface area contributed by atoms with Crippen molar-refractivity contribution >= 4 is 27.3 Å². The molecule has 0 saturated heterocycles. The molecule has 11 heteroatoms. The standard InChI is InChI=1S/C38H39F2N5O3S/c1-6-32(46)44-14-15-45-30(22(44)2)20-29(42-45)36-34(33-28(40)18-26(39)19-31(33)48-21-38(3,4)47)37-27(11-16-49-37)35(41-36)25-8-7-23-9-12-43(5)13-10-24(23)17-25/h6-8,11,16-20,22,47H,1,9-10,12-15,21H2,2-5H3/t22-/m1/s1. The summed E-state index contributed by atoms with van der Waals surface area (Å²) in [5.41, 5.74) is 5.21. The smallest absolute Gasteiger partial charge is 0.246 e. The van der Waals surface area contributed by atoms with Crippen LogP contribution in [0.15, 0.2) is 60.5 Å². The van der Waals surface area contributed by atoms with Crippen LogP contribution in [0.5, 0.6) is 5.75 Å². The van der Waals surface area contributed by atoms with Crippen molar-refractivity contribution in [2.45, 2.75) is 51.8 Å². The number of carbonyl (C=O) groups excluding carboxylic acids is 1. The zero-order valence-electron chi connectivity index (χ0n) is 28.1. The molecule has 3 aromatic heterocycles. The summed E-state index contributed by atoms with van der Waals surface area (Å²) < 4.78 is 39.5. The van der Waals surface area contributed by atoms with Crippen molar-refractivity contribution < 1.29 is 23.4 Å². The third-order valence-corrected chi connectivity index (χ3v) is 10.4. The van der Waals surface area contributed by atoms with Crippen LogP contribution < -0.4 is 4.74 Å². The number of benzene rings is 2. The van der Waals surface area contributed by atoms with Crippen molar-refractivity contribution in [3.05, 3.63) is 89.0 Å². The monoisotopic (exact) mass is 683 g/mol. The summed E-state index contributed by atoms with van der Waals surface area (Å²) in [6.07, 6.45) is 3.20. The lowest BCUT2D eigenvalue weighted by Crippen LogP contribution is -2.40. The average Bonchev–Trinajstić information content (AvgIpc) is 3.69. The molecular weight excluding hydrogens is 645 g/mol. The molecule has 0 saturated carbocycles. The highest BCUT2D eigenvalue weighted by Gasteiger charge is 2.32. The summed E-state index contributed by atoms with van der Waals surface area (Å²) in [5.74, 6) is -1.82. The van der Waals surface area contributed by atoms with Crippen LogP contribution in [0, 0.1) is 11.6 Å². The highest BCUT2D eigenvalue weighted by molar-refractivity contribution is 7.18. The number of nitrogens with zero attached hydrogens (tertiary/aromatic N) is 5. The number of amides is 1. The Morgan fingerprint density at radius 3 is 2.59 bits per heavy atom. The van der Waals surface area contributed by atoms with E-state index in [1.807, 2.05) is 29.1 Å². The minimum Gasteiger partial charge on any atom is -0.490 e. The van der Waals surface area contributed by atoms with Crippen LogP contribution in [-0.4, -0.2) is 74.5 Å². The molecule has 7 rings (SSSR count). The molecule has 5 aromatic rings. The first kappa shape index (κ1) is 33.1. The number of aromatic nitrogens is 3. The predicted octanol–water partition coefficient (Wildman–Crippen LogP) is 7.04. The quantitative estimate of drug-likeness (QED) is 0.185. The molecule has 1 amide bonds. The number of halogens is 2. The van der Waals surface area contributed by atoms with Crippen LogP contribution in [0.2, 0.25) is 0 Å². The van der Waals surface area contributed by atoms with Crippen LogP contribution in [-0.2, 0) is 24.2 Å². The van der Waals surface area contributed by atoms with Crippen LogP contribution in [0.4, 0.5) is 8.78 Å². The van der Waals surface area contributed by atoms with E-state index in [2.05, 4.69) is 36.7 Å². The maximum Gasteiger partial charge on any atom is 0.246 e. The first-order chi connectivity index (χ1) is 23.4. The normalized spacial score (nSPS) is 16.7. The summed E-state index contributed by atoms with van der Waals surface area (Å²) in [7, 11) is 2.14. The van der Waals surface area contributed by atoms with Gasteiger partial charge in [0.15, 0.2) is 0 Å². The van der Waals surface area contributed by atoms with E-state index in [4.69, 9.17) is 14.8 Å². The van der Waals surface area contributed by atoms with E-state index in [1.165, 1.54) is 28.5 Å². The van der Waals surface area contributed by atoms with Gasteiger partial charge in [-0.05, 0) is 81.4 Å². The molecule has 49 heavy (non-hydrogen) atoms. The Morgan fingerprint density at radius 1 is 1.06 bits per heavy atom. The molecule has 8 nitrogen and oxygen atoms in total. The third-order valence-electron chi connectivity index (χ3n) is 9.42. The fraction of sp³-hybridized carbons (Fsp3) is 0.342. The first-order valence-corrected chi connectivity index (χ1v) is 17.4. The van der Waals surface area contributed by atoms with Gasteiger partial charge >= 0.3 is 0 Å². The van der Waals surface area contributed by atoms with Crippen LogP contribution >= 0.6 is 11.3 Å². The number of hydrogen-bond acceptors (Lipinski definition) is 7. The zero-order valence-corrected chi connectivity index (χ0v) is 28.9. The van der Waals surface area contributed by atoms with Gasteiger partial charge in [0.25, 0.3) is 0 Å². The molecule has 0 radical (unpaired) electrons. The number of likely N-dealkylation sites (N-methyl/N-ethyl adjacent to an activating group) is 1. The van der Waals surface area contributed by atoms with Gasteiger partial charge in [-0.3, -0.25) is 9.48 Å². The fourth-order valence-corrected chi connectivity index (χ4v) is 7.79. The van der Waals surface area contributed by atoms with E-state index in [0.29, 0.717) is 30.0 Å². The molecule has 254 valence electrons. The lowest BCUT2D eigenvalue weighted by Gasteiger charge is -2.33. The Bertz CT molecular complexity index is 2100. The molecule has 0 aliphatic carbocycles. The Morgan fingerprint density at radius 2 is 1.84 bits per heavy atom. The molecule has 2 aliphatic heterocycles. The molecule has 2 aliphatic rings.